The number of ether oxygens (including phenoxy) is 4. The fourth-order valence-corrected chi connectivity index (χ4v) is 18.9. The number of nitrogens with one attached hydrogen (secondary N) is 1. The Bertz CT molecular complexity index is 6780. The van der Waals surface area contributed by atoms with Gasteiger partial charge in [-0.1, -0.05) is 350 Å². The summed E-state index contributed by atoms with van der Waals surface area (Å²) in [6.45, 7) is 18.2. The van der Waals surface area contributed by atoms with Crippen molar-refractivity contribution in [3.8, 4) is 135 Å². The molecule has 0 spiro atoms. The van der Waals surface area contributed by atoms with Crippen molar-refractivity contribution in [2.45, 2.75) is 77.0 Å². The lowest BCUT2D eigenvalue weighted by atomic mass is 9.75. The average Bonchev–Trinajstić information content (AvgIpc) is 0.757. The van der Waals surface area contributed by atoms with Gasteiger partial charge in [-0.05, 0) is 235 Å². The fourth-order valence-electron chi connectivity index (χ4n) is 18.6. The zero-order valence-corrected chi connectivity index (χ0v) is 74.0. The topological polar surface area (TPSA) is 52.2 Å². The summed E-state index contributed by atoms with van der Waals surface area (Å²) in [5.41, 5.74) is 33.5. The molecule has 0 fully saturated rings. The Morgan fingerprint density at radius 1 is 0.181 bits per heavy atom. The van der Waals surface area contributed by atoms with Crippen LogP contribution >= 0.6 is 15.9 Å². The summed E-state index contributed by atoms with van der Waals surface area (Å²) in [6, 6.07) is 151. The average molecular weight is 1710 g/mol. The summed E-state index contributed by atoms with van der Waals surface area (Å²) in [4.78, 5) is 2.34. The van der Waals surface area contributed by atoms with Crippen LogP contribution in [-0.2, 0) is 21.7 Å². The monoisotopic (exact) mass is 1710 g/mol. The van der Waals surface area contributed by atoms with Gasteiger partial charge in [0, 0.05) is 99.1 Å². The predicted molar refractivity (Wildman–Crippen MR) is 529 cm³/mol. The lowest BCUT2D eigenvalue weighted by molar-refractivity contribution is 0.418. The van der Waals surface area contributed by atoms with Crippen molar-refractivity contribution in [3.05, 3.63) is 474 Å². The molecular weight excluding hydrogens is 1610 g/mol. The quantitative estimate of drug-likeness (QED) is 0.124. The Kier molecular flexibility index (Phi) is 21.2. The van der Waals surface area contributed by atoms with Crippen molar-refractivity contribution in [3.63, 3.8) is 0 Å². The molecule has 0 aliphatic carbocycles. The van der Waals surface area contributed by atoms with Crippen LogP contribution in [0, 0.1) is 0 Å². The van der Waals surface area contributed by atoms with Gasteiger partial charge in [-0.3, -0.25) is 0 Å². The van der Waals surface area contributed by atoms with E-state index < -0.39 is 0 Å². The molecule has 18 aromatic rings. The molecule has 0 saturated heterocycles. The maximum absolute atomic E-state index is 6.38. The van der Waals surface area contributed by atoms with Crippen molar-refractivity contribution in [1.29, 1.82) is 0 Å². The van der Waals surface area contributed by atoms with Gasteiger partial charge >= 0.3 is 0 Å². The Labute approximate surface area is 753 Å². The van der Waals surface area contributed by atoms with Crippen molar-refractivity contribution >= 4 is 44.4 Å². The van der Waals surface area contributed by atoms with Gasteiger partial charge in [-0.15, -0.1) is 0 Å². The number of para-hydroxylation sites is 4. The van der Waals surface area contributed by atoms with Crippen LogP contribution in [0.1, 0.15) is 99.9 Å². The molecule has 4 heterocycles. The zero-order chi connectivity index (χ0) is 86.5. The standard InChI is InChI=1S/C60H47NO2.C42H35NO2.C18H13Br/c1-59(2)51-14-8-10-16-55(51)62-57-36-28-46(38-53(57)59)44-24-32-49(33-25-44)61(48-30-22-43(23-31-48)42-20-18-41(19-21-42)40-12-6-5-7-13-40)50-34-26-45(27-35-50)47-29-37-58-54(39-47)60(3,4)52-15-9-11-17-56(52)63-58;1-41(2)33-9-5-7-11-37(33)44-39-23-17-29(25-35(39)41)27-13-19-31(20-14-27)43-32-21-15-28(16-22-32)30-18-24-40-36(26-30)42(3,4)34-10-6-8-12-38(34)45-40;19-18-12-10-17(11-13-18)16-8-6-15(7-9-16)14-4-2-1-3-5-14/h5-39H,1-4H3;5-26,43H,1-4H3;1-13H. The lowest BCUT2D eigenvalue weighted by Crippen LogP contribution is -2.24. The number of hydrogen-bond acceptors (Lipinski definition) is 6. The maximum Gasteiger partial charge on any atom is 0.131 e. The van der Waals surface area contributed by atoms with E-state index in [9.17, 15) is 0 Å². The van der Waals surface area contributed by atoms with Crippen LogP contribution in [0.5, 0.6) is 46.0 Å². The van der Waals surface area contributed by atoms with Crippen LogP contribution in [0.4, 0.5) is 28.4 Å². The van der Waals surface area contributed by atoms with E-state index in [2.05, 4.69) is 476 Å². The van der Waals surface area contributed by atoms with E-state index in [1.54, 1.807) is 0 Å². The molecule has 4 aliphatic rings. The van der Waals surface area contributed by atoms with Crippen LogP contribution in [-0.4, -0.2) is 0 Å². The summed E-state index contributed by atoms with van der Waals surface area (Å²) in [5.74, 6) is 7.45. The molecule has 616 valence electrons. The van der Waals surface area contributed by atoms with E-state index >= 15 is 0 Å². The molecule has 6 nitrogen and oxygen atoms in total. The number of nitrogens with zero attached hydrogens (tertiary/aromatic N) is 1. The van der Waals surface area contributed by atoms with Gasteiger partial charge in [0.25, 0.3) is 0 Å². The Balaban J connectivity index is 0.000000137. The molecule has 7 heteroatoms. The van der Waals surface area contributed by atoms with Gasteiger partial charge in [0.1, 0.15) is 46.0 Å². The van der Waals surface area contributed by atoms with E-state index in [-0.39, 0.29) is 21.7 Å². The molecular formula is C120H95BrN2O4. The smallest absolute Gasteiger partial charge is 0.131 e. The van der Waals surface area contributed by atoms with Crippen LogP contribution in [0.3, 0.4) is 0 Å². The van der Waals surface area contributed by atoms with E-state index in [0.29, 0.717) is 0 Å². The van der Waals surface area contributed by atoms with Gasteiger partial charge in [-0.25, -0.2) is 0 Å². The summed E-state index contributed by atoms with van der Waals surface area (Å²) >= 11 is 3.46. The van der Waals surface area contributed by atoms with Crippen LogP contribution in [0.25, 0.3) is 89.0 Å². The molecule has 18 aromatic carbocycles. The van der Waals surface area contributed by atoms with Crippen molar-refractivity contribution in [1.82, 2.24) is 0 Å². The van der Waals surface area contributed by atoms with Crippen molar-refractivity contribution < 1.29 is 18.9 Å². The normalized spacial score (nSPS) is 13.7. The molecule has 0 amide bonds. The Morgan fingerprint density at radius 3 is 0.614 bits per heavy atom. The molecule has 1 N–H and O–H groups in total. The number of fused-ring (bicyclic) bond motifs is 8. The molecule has 0 bridgehead atoms. The second kappa shape index (κ2) is 33.4. The van der Waals surface area contributed by atoms with Gasteiger partial charge in [0.15, 0.2) is 0 Å². The summed E-state index contributed by atoms with van der Waals surface area (Å²) < 4.78 is 26.4. The zero-order valence-electron chi connectivity index (χ0n) is 72.4. The highest BCUT2D eigenvalue weighted by Gasteiger charge is 2.39. The van der Waals surface area contributed by atoms with E-state index in [1.165, 1.54) is 111 Å². The molecule has 0 aromatic heterocycles. The van der Waals surface area contributed by atoms with Crippen LogP contribution < -0.4 is 29.2 Å². The largest absolute Gasteiger partial charge is 0.457 e. The van der Waals surface area contributed by atoms with Crippen molar-refractivity contribution in [2.24, 2.45) is 0 Å². The highest BCUT2D eigenvalue weighted by atomic mass is 79.9. The third-order valence-corrected chi connectivity index (χ3v) is 26.5. The first-order chi connectivity index (χ1) is 61.8. The lowest BCUT2D eigenvalue weighted by Gasteiger charge is -2.34. The Hall–Kier alpha value is -14.8. The number of hydrogen-bond donors (Lipinski definition) is 1. The van der Waals surface area contributed by atoms with Gasteiger partial charge < -0.3 is 29.2 Å². The van der Waals surface area contributed by atoms with E-state index in [0.717, 1.165) is 101 Å². The fraction of sp³-hybridized carbons (Fsp3) is 0.100. The SMILES string of the molecule is Brc1ccc(-c2ccc(-c3ccccc3)cc2)cc1.CC1(C)c2ccccc2Oc2ccc(-c3ccc(N(c4ccc(-c5ccc(-c6ccccc6)cc5)cc4)c4ccc(-c5ccc6c(c5)C(C)(C)c5ccccc5O6)cc4)cc3)cc21.CC1(C)c2ccccc2Oc2ccc(-c3ccc(Nc4ccc(-c5ccc6c(c5)C(C)(C)c5ccccc5O6)cc4)cc3)cc21. The maximum atomic E-state index is 6.38. The third-order valence-electron chi connectivity index (χ3n) is 26.0. The predicted octanol–water partition coefficient (Wildman–Crippen LogP) is 34.1. The minimum absolute atomic E-state index is 0.137. The van der Waals surface area contributed by atoms with Gasteiger partial charge in [0.2, 0.25) is 0 Å². The molecule has 0 atom stereocenters. The molecule has 0 saturated carbocycles. The number of anilines is 5. The highest BCUT2D eigenvalue weighted by molar-refractivity contribution is 9.10. The number of halogens is 1. The van der Waals surface area contributed by atoms with Crippen LogP contribution in [0.15, 0.2) is 429 Å². The minimum Gasteiger partial charge on any atom is -0.457 e. The van der Waals surface area contributed by atoms with Gasteiger partial charge in [-0.2, -0.15) is 0 Å². The molecule has 0 unspecified atom stereocenters. The molecule has 22 rings (SSSR count). The summed E-state index contributed by atoms with van der Waals surface area (Å²) in [6.07, 6.45) is 0. The first-order valence-corrected chi connectivity index (χ1v) is 44.4. The van der Waals surface area contributed by atoms with Crippen LogP contribution in [0.2, 0.25) is 0 Å². The first kappa shape index (κ1) is 80.6. The number of benzene rings is 18. The molecule has 4 aliphatic heterocycles. The van der Waals surface area contributed by atoms with Crippen molar-refractivity contribution in [2.75, 3.05) is 10.2 Å². The first-order valence-electron chi connectivity index (χ1n) is 43.6. The second-order valence-electron chi connectivity index (χ2n) is 35.4. The minimum atomic E-state index is -0.187. The van der Waals surface area contributed by atoms with Gasteiger partial charge in [0.05, 0.1) is 0 Å². The van der Waals surface area contributed by atoms with E-state index in [1.807, 2.05) is 30.3 Å². The third kappa shape index (κ3) is 15.9. The number of rotatable bonds is 13. The molecule has 0 radical (unpaired) electrons. The summed E-state index contributed by atoms with van der Waals surface area (Å²) in [7, 11) is 0. The summed E-state index contributed by atoms with van der Waals surface area (Å²) in [5, 5.41) is 3.57. The molecule has 127 heavy (non-hydrogen) atoms. The Morgan fingerprint density at radius 2 is 0.362 bits per heavy atom. The highest BCUT2D eigenvalue weighted by Crippen LogP contribution is 2.54. The van der Waals surface area contributed by atoms with E-state index in [4.69, 9.17) is 18.9 Å². The second-order valence-corrected chi connectivity index (χ2v) is 36.3.